The summed E-state index contributed by atoms with van der Waals surface area (Å²) in [6.07, 6.45) is 0. The molecule has 0 saturated heterocycles. The number of aromatic nitrogens is 4. The van der Waals surface area contributed by atoms with Crippen molar-refractivity contribution in [3.8, 4) is 11.4 Å². The van der Waals surface area contributed by atoms with E-state index in [9.17, 15) is 4.79 Å². The first-order valence-electron chi connectivity index (χ1n) is 5.26. The summed E-state index contributed by atoms with van der Waals surface area (Å²) in [5.74, 6) is 1.10. The largest absolute Gasteiger partial charge is 0.494 e. The molecular formula is C11H12N4O2S. The number of tetrazole rings is 1. The van der Waals surface area contributed by atoms with E-state index in [1.807, 2.05) is 24.3 Å². The van der Waals surface area contributed by atoms with E-state index in [0.29, 0.717) is 16.7 Å². The Morgan fingerprint density at radius 3 is 2.94 bits per heavy atom. The maximum absolute atomic E-state index is 11.0. The van der Waals surface area contributed by atoms with Gasteiger partial charge in [-0.15, -0.1) is 5.10 Å². The number of benzene rings is 1. The van der Waals surface area contributed by atoms with Crippen molar-refractivity contribution < 1.29 is 9.53 Å². The van der Waals surface area contributed by atoms with Gasteiger partial charge in [0.15, 0.2) is 0 Å². The second kappa shape index (κ2) is 5.63. The minimum absolute atomic E-state index is 0.0783. The Balaban J connectivity index is 2.33. The molecule has 0 bridgehead atoms. The van der Waals surface area contributed by atoms with Gasteiger partial charge in [0.05, 0.1) is 12.9 Å². The van der Waals surface area contributed by atoms with Crippen LogP contribution in [0.3, 0.4) is 0 Å². The first-order valence-corrected chi connectivity index (χ1v) is 6.25. The van der Waals surface area contributed by atoms with E-state index in [4.69, 9.17) is 4.74 Å². The van der Waals surface area contributed by atoms with E-state index >= 15 is 0 Å². The van der Waals surface area contributed by atoms with E-state index in [-0.39, 0.29) is 5.78 Å². The van der Waals surface area contributed by atoms with Gasteiger partial charge >= 0.3 is 0 Å². The van der Waals surface area contributed by atoms with Crippen molar-refractivity contribution in [3.63, 3.8) is 0 Å². The van der Waals surface area contributed by atoms with Gasteiger partial charge < -0.3 is 4.74 Å². The fourth-order valence-corrected chi connectivity index (χ4v) is 2.07. The van der Waals surface area contributed by atoms with Crippen molar-refractivity contribution in [1.29, 1.82) is 0 Å². The molecule has 0 saturated carbocycles. The van der Waals surface area contributed by atoms with Crippen LogP contribution in [0, 0.1) is 0 Å². The average molecular weight is 264 g/mol. The van der Waals surface area contributed by atoms with Crippen molar-refractivity contribution >= 4 is 17.5 Å². The summed E-state index contributed by atoms with van der Waals surface area (Å²) in [6, 6.07) is 7.43. The zero-order valence-electron chi connectivity index (χ0n) is 10.0. The van der Waals surface area contributed by atoms with Crippen LogP contribution in [-0.2, 0) is 4.79 Å². The molecule has 0 spiro atoms. The Labute approximate surface area is 108 Å². The predicted molar refractivity (Wildman–Crippen MR) is 67.1 cm³/mol. The van der Waals surface area contributed by atoms with Gasteiger partial charge in [0.1, 0.15) is 17.2 Å². The fraction of sp³-hybridized carbons (Fsp3) is 0.273. The summed E-state index contributed by atoms with van der Waals surface area (Å²) in [5, 5.41) is 12.0. The van der Waals surface area contributed by atoms with Crippen LogP contribution < -0.4 is 4.74 Å². The molecule has 0 aliphatic heterocycles. The van der Waals surface area contributed by atoms with Gasteiger partial charge in [-0.05, 0) is 29.5 Å². The molecule has 1 heterocycles. The van der Waals surface area contributed by atoms with E-state index in [0.717, 1.165) is 5.69 Å². The number of para-hydroxylation sites is 2. The topological polar surface area (TPSA) is 69.9 Å². The summed E-state index contributed by atoms with van der Waals surface area (Å²) in [4.78, 5) is 11.0. The van der Waals surface area contributed by atoms with Crippen LogP contribution in [0.5, 0.6) is 5.75 Å². The highest BCUT2D eigenvalue weighted by Gasteiger charge is 2.13. The lowest BCUT2D eigenvalue weighted by Crippen LogP contribution is -2.03. The Bertz CT molecular complexity index is 555. The molecule has 0 unspecified atom stereocenters. The molecule has 2 rings (SSSR count). The van der Waals surface area contributed by atoms with Crippen molar-refractivity contribution in [2.24, 2.45) is 0 Å². The zero-order chi connectivity index (χ0) is 13.0. The number of nitrogens with zero attached hydrogens (tertiary/aromatic N) is 4. The third-order valence-electron chi connectivity index (χ3n) is 2.16. The molecule has 0 atom stereocenters. The molecule has 0 aliphatic carbocycles. The molecule has 0 radical (unpaired) electrons. The van der Waals surface area contributed by atoms with Crippen molar-refractivity contribution in [2.45, 2.75) is 12.1 Å². The molecule has 0 amide bonds. The summed E-state index contributed by atoms with van der Waals surface area (Å²) < 4.78 is 6.82. The van der Waals surface area contributed by atoms with Crippen LogP contribution in [0.4, 0.5) is 0 Å². The van der Waals surface area contributed by atoms with Crippen LogP contribution in [-0.4, -0.2) is 38.9 Å². The first-order chi connectivity index (χ1) is 8.72. The molecular weight excluding hydrogens is 252 g/mol. The Morgan fingerprint density at radius 2 is 2.22 bits per heavy atom. The number of carbonyl (C=O) groups is 1. The number of rotatable bonds is 5. The molecule has 0 aliphatic rings. The summed E-state index contributed by atoms with van der Waals surface area (Å²) in [5.41, 5.74) is 0.746. The summed E-state index contributed by atoms with van der Waals surface area (Å²) >= 11 is 1.30. The third-order valence-corrected chi connectivity index (χ3v) is 3.22. The number of Topliss-reactive ketones (excluding diaryl/α,β-unsaturated/α-hetero) is 1. The number of carbonyl (C=O) groups excluding carboxylic acids is 1. The number of thioether (sulfide) groups is 1. The van der Waals surface area contributed by atoms with Gasteiger partial charge in [0, 0.05) is 0 Å². The third kappa shape index (κ3) is 2.67. The lowest BCUT2D eigenvalue weighted by molar-refractivity contribution is -0.114. The van der Waals surface area contributed by atoms with Crippen LogP contribution in [0.25, 0.3) is 5.69 Å². The van der Waals surface area contributed by atoms with Gasteiger partial charge in [-0.3, -0.25) is 4.79 Å². The molecule has 6 nitrogen and oxygen atoms in total. The predicted octanol–water partition coefficient (Wildman–Crippen LogP) is 1.35. The van der Waals surface area contributed by atoms with Gasteiger partial charge in [0.2, 0.25) is 5.16 Å². The molecule has 1 aromatic carbocycles. The average Bonchev–Trinajstić information content (AvgIpc) is 2.84. The first kappa shape index (κ1) is 12.6. The van der Waals surface area contributed by atoms with Gasteiger partial charge in [-0.2, -0.15) is 4.68 Å². The quantitative estimate of drug-likeness (QED) is 0.759. The minimum Gasteiger partial charge on any atom is -0.494 e. The van der Waals surface area contributed by atoms with Crippen LogP contribution in [0.2, 0.25) is 0 Å². The summed E-state index contributed by atoms with van der Waals surface area (Å²) in [7, 11) is 1.59. The highest BCUT2D eigenvalue weighted by Crippen LogP contribution is 2.25. The fourth-order valence-electron chi connectivity index (χ4n) is 1.39. The molecule has 1 aromatic heterocycles. The highest BCUT2D eigenvalue weighted by atomic mass is 32.2. The van der Waals surface area contributed by atoms with Crippen molar-refractivity contribution in [2.75, 3.05) is 12.9 Å². The Hall–Kier alpha value is -1.89. The molecule has 2 aromatic rings. The Morgan fingerprint density at radius 1 is 1.44 bits per heavy atom. The monoisotopic (exact) mass is 264 g/mol. The lowest BCUT2D eigenvalue weighted by atomic mass is 10.3. The number of hydrogen-bond acceptors (Lipinski definition) is 6. The SMILES string of the molecule is COc1ccccc1-n1nnnc1SCC(C)=O. The number of methoxy groups -OCH3 is 1. The molecule has 94 valence electrons. The molecule has 0 N–H and O–H groups in total. The second-order valence-corrected chi connectivity index (χ2v) is 4.48. The second-order valence-electron chi connectivity index (χ2n) is 3.54. The number of ether oxygens (including phenoxy) is 1. The molecule has 0 fully saturated rings. The molecule has 18 heavy (non-hydrogen) atoms. The Kier molecular flexibility index (Phi) is 3.93. The van der Waals surface area contributed by atoms with E-state index in [1.165, 1.54) is 18.7 Å². The van der Waals surface area contributed by atoms with Crippen LogP contribution in [0.1, 0.15) is 6.92 Å². The minimum atomic E-state index is 0.0783. The highest BCUT2D eigenvalue weighted by molar-refractivity contribution is 7.99. The number of ketones is 1. The van der Waals surface area contributed by atoms with Gasteiger partial charge in [-0.25, -0.2) is 0 Å². The lowest BCUT2D eigenvalue weighted by Gasteiger charge is -2.08. The maximum Gasteiger partial charge on any atom is 0.214 e. The van der Waals surface area contributed by atoms with E-state index < -0.39 is 0 Å². The number of hydrogen-bond donors (Lipinski definition) is 0. The normalized spacial score (nSPS) is 10.3. The molecule has 7 heteroatoms. The van der Waals surface area contributed by atoms with Crippen LogP contribution in [0.15, 0.2) is 29.4 Å². The van der Waals surface area contributed by atoms with Gasteiger partial charge in [-0.1, -0.05) is 23.9 Å². The van der Waals surface area contributed by atoms with Crippen molar-refractivity contribution in [1.82, 2.24) is 20.2 Å². The van der Waals surface area contributed by atoms with Gasteiger partial charge in [0.25, 0.3) is 0 Å². The zero-order valence-corrected chi connectivity index (χ0v) is 10.8. The van der Waals surface area contributed by atoms with Crippen LogP contribution >= 0.6 is 11.8 Å². The van der Waals surface area contributed by atoms with E-state index in [2.05, 4.69) is 15.5 Å². The maximum atomic E-state index is 11.0. The standard InChI is InChI=1S/C11H12N4O2S/c1-8(16)7-18-11-12-13-14-15(11)9-5-3-4-6-10(9)17-2/h3-6H,7H2,1-2H3. The smallest absolute Gasteiger partial charge is 0.214 e. The summed E-state index contributed by atoms with van der Waals surface area (Å²) in [6.45, 7) is 1.53. The van der Waals surface area contributed by atoms with Crippen molar-refractivity contribution in [3.05, 3.63) is 24.3 Å². The van der Waals surface area contributed by atoms with E-state index in [1.54, 1.807) is 11.8 Å².